The minimum Gasteiger partial charge on any atom is -0.414 e. The van der Waals surface area contributed by atoms with Gasteiger partial charge in [-0.25, -0.2) is 15.0 Å². The number of nitrogens with zero attached hydrogens (tertiary/aromatic N) is 4. The Morgan fingerprint density at radius 3 is 1.86 bits per heavy atom. The molecule has 0 unspecified atom stereocenters. The molecule has 3 rings (SSSR count). The summed E-state index contributed by atoms with van der Waals surface area (Å²) in [5, 5.41) is 2.64. The Bertz CT molecular complexity index is 1250. The van der Waals surface area contributed by atoms with Gasteiger partial charge < -0.3 is 23.3 Å². The summed E-state index contributed by atoms with van der Waals surface area (Å²) in [7, 11) is -6.64. The van der Waals surface area contributed by atoms with Gasteiger partial charge in [-0.15, -0.1) is 0 Å². The van der Waals surface area contributed by atoms with Crippen LogP contribution in [0.4, 0.5) is 5.82 Å². The van der Waals surface area contributed by atoms with E-state index in [-0.39, 0.29) is 27.3 Å². The summed E-state index contributed by atoms with van der Waals surface area (Å²) in [6.07, 6.45) is 2.00. The van der Waals surface area contributed by atoms with Crippen molar-refractivity contribution < 1.29 is 22.8 Å². The second-order valence-electron chi connectivity index (χ2n) is 16.1. The van der Waals surface area contributed by atoms with Gasteiger partial charge in [-0.1, -0.05) is 62.3 Å². The lowest BCUT2D eigenvalue weighted by atomic mass is 10.1. The van der Waals surface area contributed by atoms with E-state index in [4.69, 9.17) is 18.0 Å². The zero-order valence-electron chi connectivity index (χ0n) is 28.6. The van der Waals surface area contributed by atoms with Gasteiger partial charge >= 0.3 is 0 Å². The zero-order chi connectivity index (χ0) is 32.1. The van der Waals surface area contributed by atoms with E-state index < -0.39 is 37.3 Å². The molecule has 0 saturated carbocycles. The quantitative estimate of drug-likeness (QED) is 0.217. The summed E-state index contributed by atoms with van der Waals surface area (Å²) in [6, 6.07) is 0. The Kier molecular flexibility index (Phi) is 9.82. The largest absolute Gasteiger partial charge is 0.414 e. The van der Waals surface area contributed by atoms with Crippen LogP contribution in [0.25, 0.3) is 11.2 Å². The van der Waals surface area contributed by atoms with Crippen LogP contribution in [0.1, 0.15) is 68.5 Å². The maximum absolute atomic E-state index is 11.2. The van der Waals surface area contributed by atoms with Gasteiger partial charge in [0.05, 0.1) is 12.9 Å². The standard InChI is InChI=1S/C29H55N5O5Si3/c1-27(2,3)40(10,11)36-16-20-22(38-41(12,13)28(4,5)6)23(39-42(14,15)29(7,8)9)26(37-20)34-18-32-21-24(33-19-35)30-17-31-25(21)34/h17-20,22-23,26H,16H2,1-15H3,(H,30,31,33,35)/t20-,22-,23-,26-/m1/s1. The monoisotopic (exact) mass is 637 g/mol. The van der Waals surface area contributed by atoms with Crippen LogP contribution in [-0.4, -0.2) is 75.8 Å². The normalized spacial score (nSPS) is 23.0. The number of carbonyl (C=O) groups excluding carboxylic acids is 1. The Hall–Kier alpha value is -1.49. The van der Waals surface area contributed by atoms with Crippen molar-refractivity contribution in [3.8, 4) is 0 Å². The number of fused-ring (bicyclic) bond motifs is 1. The number of ether oxygens (including phenoxy) is 1. The van der Waals surface area contributed by atoms with Crippen molar-refractivity contribution >= 4 is 48.3 Å². The van der Waals surface area contributed by atoms with E-state index in [9.17, 15) is 4.79 Å². The first-order chi connectivity index (χ1) is 18.9. The highest BCUT2D eigenvalue weighted by Gasteiger charge is 2.55. The van der Waals surface area contributed by atoms with Gasteiger partial charge in [-0.3, -0.25) is 9.36 Å². The molecule has 1 saturated heterocycles. The smallest absolute Gasteiger partial charge is 0.212 e. The van der Waals surface area contributed by atoms with Crippen LogP contribution in [0.2, 0.25) is 54.4 Å². The van der Waals surface area contributed by atoms with E-state index in [1.54, 1.807) is 6.33 Å². The van der Waals surface area contributed by atoms with Crippen LogP contribution in [-0.2, 0) is 22.8 Å². The van der Waals surface area contributed by atoms with E-state index in [1.807, 2.05) is 4.57 Å². The number of anilines is 1. The summed E-state index contributed by atoms with van der Waals surface area (Å²) in [4.78, 5) is 24.6. The van der Waals surface area contributed by atoms with Gasteiger partial charge in [-0.2, -0.15) is 0 Å². The molecule has 1 fully saturated rings. The van der Waals surface area contributed by atoms with Crippen LogP contribution in [0.3, 0.4) is 0 Å². The summed E-state index contributed by atoms with van der Waals surface area (Å²) in [5.41, 5.74) is 1.04. The summed E-state index contributed by atoms with van der Waals surface area (Å²) < 4.78 is 30.0. The van der Waals surface area contributed by atoms with Crippen LogP contribution in [0, 0.1) is 0 Å². The number of hydrogen-bond acceptors (Lipinski definition) is 8. The minimum absolute atomic E-state index is 0.0121. The average molecular weight is 638 g/mol. The van der Waals surface area contributed by atoms with Gasteiger partial charge in [0.25, 0.3) is 0 Å². The number of imidazole rings is 1. The molecule has 13 heteroatoms. The third kappa shape index (κ3) is 7.08. The molecule has 42 heavy (non-hydrogen) atoms. The van der Waals surface area contributed by atoms with Crippen LogP contribution < -0.4 is 5.32 Å². The van der Waals surface area contributed by atoms with Crippen molar-refractivity contribution in [3.63, 3.8) is 0 Å². The molecule has 0 bridgehead atoms. The predicted octanol–water partition coefficient (Wildman–Crippen LogP) is 7.09. The molecule has 10 nitrogen and oxygen atoms in total. The molecule has 0 radical (unpaired) electrons. The minimum atomic E-state index is -2.30. The van der Waals surface area contributed by atoms with Gasteiger partial charge in [-0.05, 0) is 54.4 Å². The lowest BCUT2D eigenvalue weighted by Crippen LogP contribution is -2.54. The second kappa shape index (κ2) is 11.8. The molecular weight excluding hydrogens is 583 g/mol. The van der Waals surface area contributed by atoms with Crippen molar-refractivity contribution in [2.45, 2.75) is 141 Å². The van der Waals surface area contributed by atoms with E-state index in [0.717, 1.165) is 0 Å². The number of nitrogens with one attached hydrogen (secondary N) is 1. The highest BCUT2D eigenvalue weighted by molar-refractivity contribution is 6.75. The number of amides is 1. The van der Waals surface area contributed by atoms with Crippen LogP contribution in [0.5, 0.6) is 0 Å². The maximum atomic E-state index is 11.2. The second-order valence-corrected chi connectivity index (χ2v) is 30.5. The van der Waals surface area contributed by atoms with Crippen LogP contribution >= 0.6 is 0 Å². The highest BCUT2D eigenvalue weighted by Crippen LogP contribution is 2.47. The number of rotatable bonds is 10. The first kappa shape index (κ1) is 35.0. The van der Waals surface area contributed by atoms with Crippen molar-refractivity contribution in [2.75, 3.05) is 11.9 Å². The van der Waals surface area contributed by atoms with Crippen molar-refractivity contribution in [1.82, 2.24) is 19.5 Å². The maximum Gasteiger partial charge on any atom is 0.212 e. The molecule has 2 aromatic rings. The van der Waals surface area contributed by atoms with Gasteiger partial charge in [0.15, 0.2) is 48.2 Å². The van der Waals surface area contributed by atoms with E-state index in [1.165, 1.54) is 6.33 Å². The highest BCUT2D eigenvalue weighted by atomic mass is 28.4. The predicted molar refractivity (Wildman–Crippen MR) is 176 cm³/mol. The van der Waals surface area contributed by atoms with Gasteiger partial charge in [0.1, 0.15) is 24.6 Å². The lowest BCUT2D eigenvalue weighted by Gasteiger charge is -2.44. The van der Waals surface area contributed by atoms with Gasteiger partial charge in [0, 0.05) is 0 Å². The third-order valence-corrected chi connectivity index (χ3v) is 23.5. The average Bonchev–Trinajstić information content (AvgIpc) is 3.37. The SMILES string of the molecule is CC(C)(C)[Si](C)(C)OC[C@H]1O[C@@H](n2cnc3c(NC=O)ncnc32)[C@H](O[Si](C)(C)C(C)(C)C)[C@@H]1O[Si](C)(C)C(C)(C)C. The fraction of sp³-hybridized carbons (Fsp3) is 0.793. The molecule has 1 amide bonds. The number of carbonyl (C=O) groups is 1. The molecule has 0 aromatic carbocycles. The summed E-state index contributed by atoms with van der Waals surface area (Å²) >= 11 is 0. The third-order valence-electron chi connectivity index (χ3n) is 10.0. The summed E-state index contributed by atoms with van der Waals surface area (Å²) in [5.74, 6) is 0.348. The summed E-state index contributed by atoms with van der Waals surface area (Å²) in [6.45, 7) is 34.2. The van der Waals surface area contributed by atoms with Crippen molar-refractivity contribution in [1.29, 1.82) is 0 Å². The number of aromatic nitrogens is 4. The van der Waals surface area contributed by atoms with Crippen molar-refractivity contribution in [3.05, 3.63) is 12.7 Å². The van der Waals surface area contributed by atoms with Crippen molar-refractivity contribution in [2.24, 2.45) is 0 Å². The van der Waals surface area contributed by atoms with Crippen LogP contribution in [0.15, 0.2) is 12.7 Å². The molecule has 2 aromatic heterocycles. The first-order valence-corrected chi connectivity index (χ1v) is 23.7. The van der Waals surface area contributed by atoms with E-state index in [0.29, 0.717) is 30.0 Å². The first-order valence-electron chi connectivity index (χ1n) is 15.0. The fourth-order valence-electron chi connectivity index (χ4n) is 4.07. The molecule has 1 aliphatic rings. The van der Waals surface area contributed by atoms with E-state index in [2.05, 4.69) is 122 Å². The van der Waals surface area contributed by atoms with Gasteiger partial charge in [0.2, 0.25) is 6.41 Å². The molecule has 1 N–H and O–H groups in total. The molecule has 0 spiro atoms. The molecule has 238 valence electrons. The lowest BCUT2D eigenvalue weighted by molar-refractivity contribution is -0.105. The molecule has 1 aliphatic heterocycles. The Morgan fingerprint density at radius 1 is 0.833 bits per heavy atom. The topological polar surface area (TPSA) is 110 Å². The zero-order valence-corrected chi connectivity index (χ0v) is 31.6. The Labute approximate surface area is 256 Å². The van der Waals surface area contributed by atoms with E-state index >= 15 is 0 Å². The Balaban J connectivity index is 2.17. The fourth-order valence-corrected chi connectivity index (χ4v) is 7.69. The molecular formula is C29H55N5O5Si3. The Morgan fingerprint density at radius 2 is 1.36 bits per heavy atom. The number of hydrogen-bond donors (Lipinski definition) is 1. The molecule has 4 atom stereocenters. The molecule has 0 aliphatic carbocycles. The molecule has 3 heterocycles.